The van der Waals surface area contributed by atoms with Crippen molar-refractivity contribution in [3.8, 4) is 5.75 Å². The average molecular weight is 467 g/mol. The molecule has 4 aliphatic rings. The molecule has 5 rings (SSSR count). The van der Waals surface area contributed by atoms with Gasteiger partial charge in [-0.2, -0.15) is 0 Å². The maximum atomic E-state index is 11.9. The molecule has 0 aliphatic heterocycles. The second-order valence-corrected chi connectivity index (χ2v) is 11.7. The van der Waals surface area contributed by atoms with Crippen molar-refractivity contribution < 1.29 is 24.2 Å². The van der Waals surface area contributed by atoms with Gasteiger partial charge in [0.05, 0.1) is 0 Å². The number of hydrogen-bond acceptors (Lipinski definition) is 5. The zero-order valence-corrected chi connectivity index (χ0v) is 20.9. The van der Waals surface area contributed by atoms with Crippen molar-refractivity contribution in [1.82, 2.24) is 0 Å². The first-order valence-electron chi connectivity index (χ1n) is 13.0. The molecule has 0 amide bonds. The molecule has 1 N–H and O–H groups in total. The zero-order valence-electron chi connectivity index (χ0n) is 20.9. The lowest BCUT2D eigenvalue weighted by Crippen LogP contribution is -2.53. The predicted molar refractivity (Wildman–Crippen MR) is 129 cm³/mol. The quantitative estimate of drug-likeness (QED) is 0.443. The van der Waals surface area contributed by atoms with Gasteiger partial charge in [-0.05, 0) is 79.4 Å². The summed E-state index contributed by atoms with van der Waals surface area (Å²) >= 11 is 0. The molecular formula is C29H38O5. The minimum atomic E-state index is -0.200. The largest absolute Gasteiger partial charge is 0.508 e. The normalized spacial score (nSPS) is 40.9. The van der Waals surface area contributed by atoms with Crippen LogP contribution in [0.15, 0.2) is 35.9 Å². The number of benzene rings is 1. The van der Waals surface area contributed by atoms with Crippen LogP contribution in [-0.4, -0.2) is 29.3 Å². The van der Waals surface area contributed by atoms with Crippen molar-refractivity contribution in [1.29, 1.82) is 0 Å². The third kappa shape index (κ3) is 3.76. The number of rotatable bonds is 3. The fourth-order valence-electron chi connectivity index (χ4n) is 8.35. The molecule has 4 aliphatic carbocycles. The van der Waals surface area contributed by atoms with E-state index in [9.17, 15) is 14.7 Å². The van der Waals surface area contributed by atoms with Crippen LogP contribution >= 0.6 is 0 Å². The van der Waals surface area contributed by atoms with Gasteiger partial charge >= 0.3 is 11.9 Å². The number of esters is 2. The van der Waals surface area contributed by atoms with E-state index >= 15 is 0 Å². The summed E-state index contributed by atoms with van der Waals surface area (Å²) in [7, 11) is 0. The molecule has 1 aromatic rings. The second-order valence-electron chi connectivity index (χ2n) is 11.7. The van der Waals surface area contributed by atoms with Crippen LogP contribution in [0.5, 0.6) is 5.75 Å². The van der Waals surface area contributed by atoms with Crippen LogP contribution in [-0.2, 0) is 19.1 Å². The number of hydrogen-bond donors (Lipinski definition) is 1. The lowest BCUT2D eigenvalue weighted by molar-refractivity contribution is -0.157. The minimum absolute atomic E-state index is 0.00134. The Morgan fingerprint density at radius 3 is 2.29 bits per heavy atom. The molecular weight excluding hydrogens is 428 g/mol. The molecule has 184 valence electrons. The van der Waals surface area contributed by atoms with E-state index in [1.807, 2.05) is 0 Å². The smallest absolute Gasteiger partial charge is 0.302 e. The minimum Gasteiger partial charge on any atom is -0.508 e. The first-order valence-corrected chi connectivity index (χ1v) is 13.0. The molecule has 5 nitrogen and oxygen atoms in total. The van der Waals surface area contributed by atoms with E-state index in [4.69, 9.17) is 9.47 Å². The number of allylic oxidation sites excluding steroid dienone is 1. The van der Waals surface area contributed by atoms with E-state index in [2.05, 4.69) is 32.1 Å². The number of ether oxygens (including phenoxy) is 2. The van der Waals surface area contributed by atoms with E-state index in [1.54, 1.807) is 12.1 Å². The van der Waals surface area contributed by atoms with Gasteiger partial charge < -0.3 is 14.6 Å². The Bertz CT molecular complexity index is 996. The Kier molecular flexibility index (Phi) is 5.81. The monoisotopic (exact) mass is 466 g/mol. The molecule has 34 heavy (non-hydrogen) atoms. The lowest BCUT2D eigenvalue weighted by Gasteiger charge is -2.60. The Morgan fingerprint density at radius 2 is 1.62 bits per heavy atom. The van der Waals surface area contributed by atoms with Gasteiger partial charge in [-0.15, -0.1) is 0 Å². The third-order valence-corrected chi connectivity index (χ3v) is 9.95. The van der Waals surface area contributed by atoms with E-state index in [1.165, 1.54) is 25.0 Å². The van der Waals surface area contributed by atoms with E-state index in [-0.39, 0.29) is 46.6 Å². The maximum Gasteiger partial charge on any atom is 0.302 e. The topological polar surface area (TPSA) is 72.8 Å². The highest BCUT2D eigenvalue weighted by atomic mass is 16.5. The van der Waals surface area contributed by atoms with Gasteiger partial charge in [-0.25, -0.2) is 0 Å². The highest BCUT2D eigenvalue weighted by molar-refractivity contribution is 5.66. The number of aromatic hydroxyl groups is 1. The van der Waals surface area contributed by atoms with Crippen LogP contribution in [0.4, 0.5) is 0 Å². The van der Waals surface area contributed by atoms with E-state index in [0.717, 1.165) is 44.9 Å². The van der Waals surface area contributed by atoms with Gasteiger partial charge in [-0.3, -0.25) is 9.59 Å². The Morgan fingerprint density at radius 1 is 0.912 bits per heavy atom. The summed E-state index contributed by atoms with van der Waals surface area (Å²) in [6.07, 6.45) is 9.42. The molecule has 0 heterocycles. The molecule has 0 radical (unpaired) electrons. The van der Waals surface area contributed by atoms with Crippen molar-refractivity contribution in [3.05, 3.63) is 41.5 Å². The van der Waals surface area contributed by atoms with Crippen molar-refractivity contribution in [2.24, 2.45) is 28.6 Å². The molecule has 1 aromatic carbocycles. The van der Waals surface area contributed by atoms with Gasteiger partial charge in [0.1, 0.15) is 18.0 Å². The fraction of sp³-hybridized carbons (Fsp3) is 0.655. The Balaban J connectivity index is 1.56. The van der Waals surface area contributed by atoms with E-state index < -0.39 is 0 Å². The SMILES string of the molecule is CC(=O)O[C@H]1CC[C@@]2(C)C(=C[C@@H](c3ccc(O)cc3)[C@H]3[C@@H]4CC[C@H](OC(C)=O)[C@@]4(C)CC[C@@H]32)C1. The van der Waals surface area contributed by atoms with Crippen molar-refractivity contribution in [2.45, 2.75) is 90.8 Å². The Hall–Kier alpha value is -2.30. The zero-order chi connectivity index (χ0) is 24.3. The van der Waals surface area contributed by atoms with Gasteiger partial charge in [0.2, 0.25) is 0 Å². The molecule has 5 heteroatoms. The summed E-state index contributed by atoms with van der Waals surface area (Å²) in [5, 5.41) is 9.93. The number of fused-ring (bicyclic) bond motifs is 5. The van der Waals surface area contributed by atoms with Crippen LogP contribution < -0.4 is 0 Å². The lowest BCUT2D eigenvalue weighted by atomic mass is 9.45. The highest BCUT2D eigenvalue weighted by Crippen LogP contribution is 2.67. The molecule has 0 unspecified atom stereocenters. The summed E-state index contributed by atoms with van der Waals surface area (Å²) in [6, 6.07) is 7.70. The molecule has 0 bridgehead atoms. The van der Waals surface area contributed by atoms with Crippen LogP contribution in [0.1, 0.15) is 84.1 Å². The third-order valence-electron chi connectivity index (χ3n) is 9.95. The van der Waals surface area contributed by atoms with Crippen molar-refractivity contribution in [3.63, 3.8) is 0 Å². The summed E-state index contributed by atoms with van der Waals surface area (Å²) in [4.78, 5) is 23.5. The van der Waals surface area contributed by atoms with Crippen molar-refractivity contribution >= 4 is 11.9 Å². The highest BCUT2D eigenvalue weighted by Gasteiger charge is 2.61. The number of phenolic OH excluding ortho intramolecular Hbond substituents is 1. The molecule has 8 atom stereocenters. The van der Waals surface area contributed by atoms with Crippen LogP contribution in [0, 0.1) is 28.6 Å². The summed E-state index contributed by atoms with van der Waals surface area (Å²) in [5.41, 5.74) is 2.77. The molecule has 0 saturated heterocycles. The summed E-state index contributed by atoms with van der Waals surface area (Å²) in [5.74, 6) is 1.63. The van der Waals surface area contributed by atoms with Crippen LogP contribution in [0.3, 0.4) is 0 Å². The predicted octanol–water partition coefficient (Wildman–Crippen LogP) is 5.91. The fourth-order valence-corrected chi connectivity index (χ4v) is 8.35. The van der Waals surface area contributed by atoms with Gasteiger partial charge in [0.25, 0.3) is 0 Å². The first-order chi connectivity index (χ1) is 16.1. The standard InChI is InChI=1S/C29H38O5/c1-17(30)33-22-11-13-28(3)20(15-22)16-23(19-5-7-21(32)8-6-19)27-24-9-10-26(34-18(2)31)29(24,4)14-12-25(27)28/h5-8,16,22-27,32H,9-15H2,1-4H3/t22-,23-,24-,25-,26-,27-,28-,29-/m0/s1. The van der Waals surface area contributed by atoms with Gasteiger partial charge in [-0.1, -0.05) is 37.6 Å². The van der Waals surface area contributed by atoms with Gasteiger partial charge in [0, 0.05) is 31.6 Å². The second kappa shape index (κ2) is 8.42. The molecule has 3 saturated carbocycles. The summed E-state index contributed by atoms with van der Waals surface area (Å²) in [6.45, 7) is 7.82. The van der Waals surface area contributed by atoms with Crippen LogP contribution in [0.2, 0.25) is 0 Å². The number of carbonyl (C=O) groups excluding carboxylic acids is 2. The maximum absolute atomic E-state index is 11.9. The van der Waals surface area contributed by atoms with E-state index in [0.29, 0.717) is 17.8 Å². The van der Waals surface area contributed by atoms with Crippen LogP contribution in [0.25, 0.3) is 0 Å². The Labute approximate surface area is 202 Å². The number of carbonyl (C=O) groups is 2. The summed E-state index contributed by atoms with van der Waals surface area (Å²) < 4.78 is 11.5. The molecule has 0 spiro atoms. The molecule has 0 aromatic heterocycles. The first kappa shape index (κ1) is 23.4. The number of phenols is 1. The molecule has 3 fully saturated rings. The van der Waals surface area contributed by atoms with Gasteiger partial charge in [0.15, 0.2) is 0 Å². The van der Waals surface area contributed by atoms with Crippen molar-refractivity contribution in [2.75, 3.05) is 0 Å². The average Bonchev–Trinajstić information content (AvgIpc) is 3.09.